The molecule has 10 heavy (non-hydrogen) atoms. The van der Waals surface area contributed by atoms with E-state index in [2.05, 4.69) is 0 Å². The zero-order valence-corrected chi connectivity index (χ0v) is 5.77. The quantitative estimate of drug-likeness (QED) is 0.348. The second kappa shape index (κ2) is 3.46. The van der Waals surface area contributed by atoms with E-state index in [0.717, 1.165) is 6.08 Å². The monoisotopic (exact) mass is 167 g/mol. The van der Waals surface area contributed by atoms with Crippen LogP contribution in [-0.4, -0.2) is 20.9 Å². The molecule has 0 aromatic heterocycles. The fraction of sp³-hybridized carbons (Fsp3) is 0.333. The normalized spacial score (nSPS) is 12.2. The summed E-state index contributed by atoms with van der Waals surface area (Å²) in [5.41, 5.74) is 0. The SMILES string of the molecule is O=[N+]([O-])C=CCP(=O)(O)O. The first kappa shape index (κ1) is 9.29. The van der Waals surface area contributed by atoms with Crippen molar-refractivity contribution >= 4 is 7.60 Å². The van der Waals surface area contributed by atoms with Crippen LogP contribution in [0.15, 0.2) is 12.3 Å². The van der Waals surface area contributed by atoms with E-state index in [-0.39, 0.29) is 0 Å². The van der Waals surface area contributed by atoms with E-state index in [9.17, 15) is 14.7 Å². The number of rotatable bonds is 3. The maximum atomic E-state index is 10.0. The van der Waals surface area contributed by atoms with Crippen LogP contribution in [0.3, 0.4) is 0 Å². The van der Waals surface area contributed by atoms with E-state index >= 15 is 0 Å². The molecule has 0 fully saturated rings. The number of nitrogens with zero attached hydrogens (tertiary/aromatic N) is 1. The molecule has 0 amide bonds. The lowest BCUT2D eigenvalue weighted by Crippen LogP contribution is -1.86. The Balaban J connectivity index is 3.76. The predicted molar refractivity (Wildman–Crippen MR) is 33.0 cm³/mol. The van der Waals surface area contributed by atoms with Gasteiger partial charge in [0.1, 0.15) is 0 Å². The van der Waals surface area contributed by atoms with Crippen molar-refractivity contribution in [2.24, 2.45) is 0 Å². The summed E-state index contributed by atoms with van der Waals surface area (Å²) in [6, 6.07) is 0. The van der Waals surface area contributed by atoms with Crippen molar-refractivity contribution in [1.29, 1.82) is 0 Å². The molecule has 0 aromatic rings. The van der Waals surface area contributed by atoms with Gasteiger partial charge in [0.15, 0.2) is 0 Å². The van der Waals surface area contributed by atoms with Crippen LogP contribution >= 0.6 is 7.60 Å². The molecule has 0 unspecified atom stereocenters. The van der Waals surface area contributed by atoms with Gasteiger partial charge in [-0.3, -0.25) is 14.7 Å². The van der Waals surface area contributed by atoms with Crippen LogP contribution in [0.2, 0.25) is 0 Å². The fourth-order valence-electron chi connectivity index (χ4n) is 0.271. The Labute approximate surface area is 56.5 Å². The molecular weight excluding hydrogens is 161 g/mol. The van der Waals surface area contributed by atoms with Gasteiger partial charge >= 0.3 is 7.60 Å². The topological polar surface area (TPSA) is 101 Å². The Hall–Kier alpha value is -0.710. The van der Waals surface area contributed by atoms with Gasteiger partial charge in [0.25, 0.3) is 0 Å². The summed E-state index contributed by atoms with van der Waals surface area (Å²) in [6.07, 6.45) is 0.730. The van der Waals surface area contributed by atoms with Gasteiger partial charge in [0.2, 0.25) is 6.20 Å². The third-order valence-electron chi connectivity index (χ3n) is 0.570. The Morgan fingerprint density at radius 1 is 1.60 bits per heavy atom. The van der Waals surface area contributed by atoms with E-state index < -0.39 is 18.7 Å². The maximum absolute atomic E-state index is 10.0. The minimum absolute atomic E-state index is 0.499. The molecule has 0 aliphatic heterocycles. The van der Waals surface area contributed by atoms with Gasteiger partial charge in [-0.05, 0) is 6.08 Å². The molecule has 6 nitrogen and oxygen atoms in total. The molecular formula is C3H6NO5P. The molecule has 0 aliphatic rings. The maximum Gasteiger partial charge on any atom is 0.329 e. The number of nitro groups is 1. The van der Waals surface area contributed by atoms with Crippen molar-refractivity contribution in [2.75, 3.05) is 6.16 Å². The van der Waals surface area contributed by atoms with Crippen molar-refractivity contribution in [3.63, 3.8) is 0 Å². The van der Waals surface area contributed by atoms with Crippen LogP contribution in [0.5, 0.6) is 0 Å². The van der Waals surface area contributed by atoms with Crippen LogP contribution in [0, 0.1) is 10.1 Å². The molecule has 0 aromatic carbocycles. The largest absolute Gasteiger partial charge is 0.329 e. The average Bonchev–Trinajstić information content (AvgIpc) is 1.59. The number of allylic oxidation sites excluding steroid dienone is 1. The van der Waals surface area contributed by atoms with Crippen molar-refractivity contribution in [3.05, 3.63) is 22.4 Å². The molecule has 0 radical (unpaired) electrons. The van der Waals surface area contributed by atoms with Gasteiger partial charge in [-0.1, -0.05) is 0 Å². The molecule has 0 atom stereocenters. The summed E-state index contributed by atoms with van der Waals surface area (Å²) in [6.45, 7) is 0. The summed E-state index contributed by atoms with van der Waals surface area (Å²) in [5.74, 6) is 0. The highest BCUT2D eigenvalue weighted by atomic mass is 31.2. The molecule has 0 saturated heterocycles. The van der Waals surface area contributed by atoms with Crippen molar-refractivity contribution in [3.8, 4) is 0 Å². The molecule has 0 rings (SSSR count). The standard InChI is InChI=1S/C3H6NO5P/c5-4(6)2-1-3-10(7,8)9/h1-2H,3H2,(H2,7,8,9). The first-order valence-electron chi connectivity index (χ1n) is 2.26. The lowest BCUT2D eigenvalue weighted by atomic mass is 10.7. The van der Waals surface area contributed by atoms with Crippen molar-refractivity contribution in [1.82, 2.24) is 0 Å². The summed E-state index contributed by atoms with van der Waals surface area (Å²) in [7, 11) is -4.11. The van der Waals surface area contributed by atoms with Crippen molar-refractivity contribution < 1.29 is 19.3 Å². The average molecular weight is 167 g/mol. The van der Waals surface area contributed by atoms with E-state index in [4.69, 9.17) is 9.79 Å². The first-order chi connectivity index (χ1) is 4.42. The molecule has 0 heterocycles. The van der Waals surface area contributed by atoms with Crippen molar-refractivity contribution in [2.45, 2.75) is 0 Å². The second-order valence-corrected chi connectivity index (χ2v) is 3.21. The first-order valence-corrected chi connectivity index (χ1v) is 4.06. The molecule has 0 bridgehead atoms. The van der Waals surface area contributed by atoms with Crippen LogP contribution in [0.25, 0.3) is 0 Å². The van der Waals surface area contributed by atoms with Crippen LogP contribution < -0.4 is 0 Å². The van der Waals surface area contributed by atoms with Gasteiger partial charge in [0.05, 0.1) is 11.1 Å². The van der Waals surface area contributed by atoms with E-state index in [1.807, 2.05) is 0 Å². The molecule has 0 saturated carbocycles. The summed E-state index contributed by atoms with van der Waals surface area (Å²) in [4.78, 5) is 25.1. The minimum atomic E-state index is -4.11. The Kier molecular flexibility index (Phi) is 3.21. The third kappa shape index (κ3) is 7.29. The summed E-state index contributed by atoms with van der Waals surface area (Å²) >= 11 is 0. The summed E-state index contributed by atoms with van der Waals surface area (Å²) in [5, 5.41) is 9.55. The van der Waals surface area contributed by atoms with Gasteiger partial charge < -0.3 is 9.79 Å². The molecule has 2 N–H and O–H groups in total. The van der Waals surface area contributed by atoms with Gasteiger partial charge in [-0.25, -0.2) is 0 Å². The second-order valence-electron chi connectivity index (χ2n) is 1.52. The molecule has 0 spiro atoms. The smallest absolute Gasteiger partial charge is 0.324 e. The minimum Gasteiger partial charge on any atom is -0.324 e. The zero-order valence-electron chi connectivity index (χ0n) is 4.88. The van der Waals surface area contributed by atoms with Gasteiger partial charge in [-0.15, -0.1) is 0 Å². The number of hydrogen-bond acceptors (Lipinski definition) is 3. The summed E-state index contributed by atoms with van der Waals surface area (Å²) < 4.78 is 10.0. The van der Waals surface area contributed by atoms with E-state index in [1.54, 1.807) is 0 Å². The molecule has 58 valence electrons. The van der Waals surface area contributed by atoms with Crippen LogP contribution in [0.1, 0.15) is 0 Å². The Morgan fingerprint density at radius 3 is 2.40 bits per heavy atom. The zero-order chi connectivity index (χ0) is 8.20. The third-order valence-corrected chi connectivity index (χ3v) is 1.26. The Morgan fingerprint density at radius 2 is 2.10 bits per heavy atom. The Bertz CT molecular complexity index is 193. The van der Waals surface area contributed by atoms with Crippen LogP contribution in [-0.2, 0) is 4.57 Å². The highest BCUT2D eigenvalue weighted by Crippen LogP contribution is 2.33. The lowest BCUT2D eigenvalue weighted by molar-refractivity contribution is -0.402. The van der Waals surface area contributed by atoms with E-state index in [1.165, 1.54) is 0 Å². The van der Waals surface area contributed by atoms with Gasteiger partial charge in [0, 0.05) is 0 Å². The van der Waals surface area contributed by atoms with Crippen LogP contribution in [0.4, 0.5) is 0 Å². The molecule has 7 heteroatoms. The lowest BCUT2D eigenvalue weighted by Gasteiger charge is -1.94. The highest BCUT2D eigenvalue weighted by molar-refractivity contribution is 7.51. The van der Waals surface area contributed by atoms with E-state index in [0.29, 0.717) is 6.20 Å². The van der Waals surface area contributed by atoms with Gasteiger partial charge in [-0.2, -0.15) is 0 Å². The highest BCUT2D eigenvalue weighted by Gasteiger charge is 2.09. The number of hydrogen-bond donors (Lipinski definition) is 2. The fourth-order valence-corrected chi connectivity index (χ4v) is 0.639. The molecule has 0 aliphatic carbocycles. The predicted octanol–water partition coefficient (Wildman–Crippen LogP) is -0.0455.